The Bertz CT molecular complexity index is 745. The van der Waals surface area contributed by atoms with Crippen molar-refractivity contribution in [2.45, 2.75) is 32.1 Å². The molecule has 26 heavy (non-hydrogen) atoms. The number of carbonyl (C=O) groups excluding carboxylic acids is 2. The molecule has 2 aromatic rings. The first-order chi connectivity index (χ1) is 12.6. The topological polar surface area (TPSA) is 90.8 Å². The average molecular weight is 353 g/mol. The normalized spacial score (nSPS) is 10.6. The van der Waals surface area contributed by atoms with Crippen molar-refractivity contribution in [3.63, 3.8) is 0 Å². The van der Waals surface area contributed by atoms with Gasteiger partial charge in [0.15, 0.2) is 0 Å². The molecular weight excluding hydrogens is 330 g/mol. The van der Waals surface area contributed by atoms with Crippen molar-refractivity contribution in [2.75, 3.05) is 5.32 Å². The maximum absolute atomic E-state index is 11.8. The number of hydrazone groups is 1. The molecular formula is C20H23N3O3. The zero-order valence-electron chi connectivity index (χ0n) is 14.5. The molecule has 2 rings (SSSR count). The van der Waals surface area contributed by atoms with Crippen LogP contribution < -0.4 is 10.7 Å². The summed E-state index contributed by atoms with van der Waals surface area (Å²) < 4.78 is 0. The zero-order valence-corrected chi connectivity index (χ0v) is 14.5. The van der Waals surface area contributed by atoms with Crippen molar-refractivity contribution in [3.05, 3.63) is 60.2 Å². The van der Waals surface area contributed by atoms with E-state index >= 15 is 0 Å². The Morgan fingerprint density at radius 3 is 2.27 bits per heavy atom. The predicted octanol–water partition coefficient (Wildman–Crippen LogP) is 3.43. The number of para-hydroxylation sites is 2. The summed E-state index contributed by atoms with van der Waals surface area (Å²) in [7, 11) is 0. The summed E-state index contributed by atoms with van der Waals surface area (Å²) in [5.74, 6) is -0.243. The molecule has 0 bridgehead atoms. The SMILES string of the molecule is O=C(CCCCCC(=O)Nc1ccccc1O)N/N=C/c1ccccc1. The zero-order chi connectivity index (χ0) is 18.6. The third kappa shape index (κ3) is 7.17. The lowest BCUT2D eigenvalue weighted by molar-refractivity contribution is -0.121. The molecule has 0 saturated heterocycles. The van der Waals surface area contributed by atoms with Crippen molar-refractivity contribution in [1.29, 1.82) is 0 Å². The lowest BCUT2D eigenvalue weighted by atomic mass is 10.1. The van der Waals surface area contributed by atoms with Crippen LogP contribution in [-0.4, -0.2) is 23.1 Å². The van der Waals surface area contributed by atoms with Gasteiger partial charge in [-0.05, 0) is 30.5 Å². The van der Waals surface area contributed by atoms with Crippen LogP contribution in [0.4, 0.5) is 5.69 Å². The van der Waals surface area contributed by atoms with E-state index in [9.17, 15) is 14.7 Å². The first kappa shape index (κ1) is 19.2. The fraction of sp³-hybridized carbons (Fsp3) is 0.250. The number of phenolic OH excluding ortho intramolecular Hbond substituents is 1. The second kappa shape index (κ2) is 10.7. The number of rotatable bonds is 9. The van der Waals surface area contributed by atoms with E-state index in [2.05, 4.69) is 15.8 Å². The molecule has 6 heteroatoms. The highest BCUT2D eigenvalue weighted by molar-refractivity contribution is 5.92. The van der Waals surface area contributed by atoms with Gasteiger partial charge in [-0.25, -0.2) is 5.43 Å². The van der Waals surface area contributed by atoms with Gasteiger partial charge >= 0.3 is 0 Å². The predicted molar refractivity (Wildman–Crippen MR) is 102 cm³/mol. The van der Waals surface area contributed by atoms with E-state index in [1.807, 2.05) is 30.3 Å². The standard InChI is InChI=1S/C20H23N3O3/c24-18-12-8-7-11-17(18)22-19(25)13-5-2-6-14-20(26)23-21-15-16-9-3-1-4-10-16/h1,3-4,7-12,15,24H,2,5-6,13-14H2,(H,22,25)(H,23,26)/b21-15+. The first-order valence-corrected chi connectivity index (χ1v) is 8.60. The molecule has 0 spiro atoms. The van der Waals surface area contributed by atoms with Crippen molar-refractivity contribution < 1.29 is 14.7 Å². The molecule has 0 heterocycles. The Morgan fingerprint density at radius 1 is 0.885 bits per heavy atom. The number of aromatic hydroxyl groups is 1. The first-order valence-electron chi connectivity index (χ1n) is 8.60. The minimum atomic E-state index is -0.150. The molecule has 2 amide bonds. The largest absolute Gasteiger partial charge is 0.506 e. The minimum Gasteiger partial charge on any atom is -0.506 e. The molecule has 2 aromatic carbocycles. The van der Waals surface area contributed by atoms with Gasteiger partial charge in [0.25, 0.3) is 0 Å². The summed E-state index contributed by atoms with van der Waals surface area (Å²) >= 11 is 0. The Morgan fingerprint density at radius 2 is 1.54 bits per heavy atom. The molecule has 0 radical (unpaired) electrons. The minimum absolute atomic E-state index is 0.0496. The lowest BCUT2D eigenvalue weighted by Crippen LogP contribution is -2.17. The summed E-state index contributed by atoms with van der Waals surface area (Å²) in [5.41, 5.74) is 3.82. The summed E-state index contributed by atoms with van der Waals surface area (Å²) in [4.78, 5) is 23.5. The van der Waals surface area contributed by atoms with Crippen LogP contribution in [0.15, 0.2) is 59.7 Å². The van der Waals surface area contributed by atoms with Gasteiger partial charge in [0.1, 0.15) is 5.75 Å². The maximum atomic E-state index is 11.8. The van der Waals surface area contributed by atoms with Gasteiger partial charge in [0.05, 0.1) is 11.9 Å². The van der Waals surface area contributed by atoms with Crippen LogP contribution >= 0.6 is 0 Å². The van der Waals surface area contributed by atoms with E-state index in [1.54, 1.807) is 24.4 Å². The van der Waals surface area contributed by atoms with Crippen molar-refractivity contribution >= 4 is 23.7 Å². The van der Waals surface area contributed by atoms with Crippen molar-refractivity contribution in [1.82, 2.24) is 5.43 Å². The van der Waals surface area contributed by atoms with Crippen LogP contribution in [0.5, 0.6) is 5.75 Å². The molecule has 0 aliphatic heterocycles. The van der Waals surface area contributed by atoms with Crippen LogP contribution in [0.3, 0.4) is 0 Å². The number of hydrogen-bond acceptors (Lipinski definition) is 4. The van der Waals surface area contributed by atoms with E-state index in [-0.39, 0.29) is 17.6 Å². The van der Waals surface area contributed by atoms with E-state index in [0.717, 1.165) is 12.0 Å². The number of unbranched alkanes of at least 4 members (excludes halogenated alkanes) is 2. The molecule has 136 valence electrons. The molecule has 0 aliphatic carbocycles. The van der Waals surface area contributed by atoms with Crippen LogP contribution in [0.1, 0.15) is 37.7 Å². The molecule has 0 fully saturated rings. The van der Waals surface area contributed by atoms with Gasteiger partial charge in [-0.3, -0.25) is 9.59 Å². The molecule has 6 nitrogen and oxygen atoms in total. The average Bonchev–Trinajstić information content (AvgIpc) is 2.64. The molecule has 0 aliphatic rings. The number of carbonyl (C=O) groups is 2. The van der Waals surface area contributed by atoms with Crippen LogP contribution in [0.2, 0.25) is 0 Å². The second-order valence-corrected chi connectivity index (χ2v) is 5.83. The van der Waals surface area contributed by atoms with Gasteiger partial charge < -0.3 is 10.4 Å². The highest BCUT2D eigenvalue weighted by atomic mass is 16.3. The van der Waals surface area contributed by atoms with Crippen LogP contribution in [0.25, 0.3) is 0 Å². The van der Waals surface area contributed by atoms with Crippen LogP contribution in [-0.2, 0) is 9.59 Å². The molecule has 3 N–H and O–H groups in total. The van der Waals surface area contributed by atoms with Crippen molar-refractivity contribution in [3.8, 4) is 5.75 Å². The highest BCUT2D eigenvalue weighted by Gasteiger charge is 2.06. The monoisotopic (exact) mass is 353 g/mol. The molecule has 0 atom stereocenters. The fourth-order valence-corrected chi connectivity index (χ4v) is 2.31. The van der Waals surface area contributed by atoms with Gasteiger partial charge in [-0.15, -0.1) is 0 Å². The number of hydrogen-bond donors (Lipinski definition) is 3. The van der Waals surface area contributed by atoms with Crippen molar-refractivity contribution in [2.24, 2.45) is 5.10 Å². The summed E-state index contributed by atoms with van der Waals surface area (Å²) in [6.07, 6.45) is 4.46. The van der Waals surface area contributed by atoms with E-state index in [1.165, 1.54) is 6.07 Å². The quantitative estimate of drug-likeness (QED) is 0.279. The fourth-order valence-electron chi connectivity index (χ4n) is 2.31. The summed E-state index contributed by atoms with van der Waals surface area (Å²) in [6, 6.07) is 16.1. The lowest BCUT2D eigenvalue weighted by Gasteiger charge is -2.06. The van der Waals surface area contributed by atoms with Crippen LogP contribution in [0, 0.1) is 0 Å². The van der Waals surface area contributed by atoms with E-state index in [4.69, 9.17) is 0 Å². The van der Waals surface area contributed by atoms with E-state index < -0.39 is 0 Å². The number of nitrogens with zero attached hydrogens (tertiary/aromatic N) is 1. The molecule has 0 unspecified atom stereocenters. The maximum Gasteiger partial charge on any atom is 0.240 e. The highest BCUT2D eigenvalue weighted by Crippen LogP contribution is 2.21. The summed E-state index contributed by atoms with van der Waals surface area (Å²) in [5, 5.41) is 16.2. The smallest absolute Gasteiger partial charge is 0.240 e. The molecule has 0 saturated carbocycles. The van der Waals surface area contributed by atoms with Gasteiger partial charge in [0.2, 0.25) is 11.8 Å². The Hall–Kier alpha value is -3.15. The molecule has 0 aromatic heterocycles. The van der Waals surface area contributed by atoms with Gasteiger partial charge in [0, 0.05) is 12.8 Å². The third-order valence-corrected chi connectivity index (χ3v) is 3.69. The Kier molecular flexibility index (Phi) is 7.86. The number of nitrogens with one attached hydrogen (secondary N) is 2. The van der Waals surface area contributed by atoms with Gasteiger partial charge in [-0.2, -0.15) is 5.10 Å². The number of anilines is 1. The Labute approximate surface area is 152 Å². The van der Waals surface area contributed by atoms with Gasteiger partial charge in [-0.1, -0.05) is 48.9 Å². The number of phenols is 1. The number of benzene rings is 2. The summed E-state index contributed by atoms with van der Waals surface area (Å²) in [6.45, 7) is 0. The second-order valence-electron chi connectivity index (χ2n) is 5.83. The third-order valence-electron chi connectivity index (χ3n) is 3.69. The Balaban J connectivity index is 1.56. The van der Waals surface area contributed by atoms with E-state index in [0.29, 0.717) is 31.4 Å². The number of amides is 2.